The molecule has 108 valence electrons. The highest BCUT2D eigenvalue weighted by molar-refractivity contribution is 7.92. The van der Waals surface area contributed by atoms with Crippen LogP contribution in [0.3, 0.4) is 0 Å². The second kappa shape index (κ2) is 4.94. The minimum atomic E-state index is -3.82. The van der Waals surface area contributed by atoms with Crippen molar-refractivity contribution in [1.29, 1.82) is 0 Å². The molecular formula is C13H10ClN3O3S. The number of anilines is 1. The summed E-state index contributed by atoms with van der Waals surface area (Å²) < 4.78 is 26.9. The molecule has 6 nitrogen and oxygen atoms in total. The van der Waals surface area contributed by atoms with Crippen molar-refractivity contribution in [2.45, 2.75) is 4.90 Å². The van der Waals surface area contributed by atoms with Crippen molar-refractivity contribution >= 4 is 38.2 Å². The van der Waals surface area contributed by atoms with Gasteiger partial charge in [0.05, 0.1) is 0 Å². The van der Waals surface area contributed by atoms with Crippen molar-refractivity contribution in [3.63, 3.8) is 0 Å². The van der Waals surface area contributed by atoms with Gasteiger partial charge in [-0.2, -0.15) is 0 Å². The van der Waals surface area contributed by atoms with Gasteiger partial charge in [-0.3, -0.25) is 9.52 Å². The molecule has 0 unspecified atom stereocenters. The SMILES string of the molecule is O=c1[nH]cc(S(=O)(=O)Nc2ccc3[nH]ccc3c2)cc1Cl. The van der Waals surface area contributed by atoms with E-state index in [-0.39, 0.29) is 9.92 Å². The first-order valence-corrected chi connectivity index (χ1v) is 7.80. The largest absolute Gasteiger partial charge is 0.361 e. The quantitative estimate of drug-likeness (QED) is 0.690. The number of rotatable bonds is 3. The Bertz CT molecular complexity index is 975. The van der Waals surface area contributed by atoms with Gasteiger partial charge in [0.15, 0.2) is 0 Å². The van der Waals surface area contributed by atoms with Gasteiger partial charge in [0.2, 0.25) is 0 Å². The van der Waals surface area contributed by atoms with Crippen LogP contribution in [0.25, 0.3) is 10.9 Å². The molecule has 3 N–H and O–H groups in total. The molecule has 2 heterocycles. The third-order valence-electron chi connectivity index (χ3n) is 2.95. The lowest BCUT2D eigenvalue weighted by Gasteiger charge is -2.08. The smallest absolute Gasteiger partial charge is 0.266 e. The fourth-order valence-electron chi connectivity index (χ4n) is 1.92. The van der Waals surface area contributed by atoms with Crippen LogP contribution in [-0.2, 0) is 10.0 Å². The lowest BCUT2D eigenvalue weighted by molar-refractivity contribution is 0.600. The summed E-state index contributed by atoms with van der Waals surface area (Å²) in [5.74, 6) is 0. The van der Waals surface area contributed by atoms with Crippen LogP contribution in [0, 0.1) is 0 Å². The van der Waals surface area contributed by atoms with Crippen LogP contribution in [0.2, 0.25) is 5.02 Å². The van der Waals surface area contributed by atoms with Crippen LogP contribution in [-0.4, -0.2) is 18.4 Å². The predicted molar refractivity (Wildman–Crippen MR) is 81.2 cm³/mol. The van der Waals surface area contributed by atoms with E-state index in [1.54, 1.807) is 24.4 Å². The van der Waals surface area contributed by atoms with E-state index >= 15 is 0 Å². The van der Waals surface area contributed by atoms with Crippen molar-refractivity contribution in [1.82, 2.24) is 9.97 Å². The molecule has 0 aliphatic heterocycles. The molecule has 0 saturated heterocycles. The molecule has 1 aromatic carbocycles. The van der Waals surface area contributed by atoms with Crippen molar-refractivity contribution in [3.8, 4) is 0 Å². The van der Waals surface area contributed by atoms with E-state index in [0.29, 0.717) is 5.69 Å². The highest BCUT2D eigenvalue weighted by Gasteiger charge is 2.16. The van der Waals surface area contributed by atoms with Crippen LogP contribution in [0.4, 0.5) is 5.69 Å². The Balaban J connectivity index is 1.98. The Morgan fingerprint density at radius 2 is 1.90 bits per heavy atom. The molecule has 0 aliphatic rings. The molecule has 0 spiro atoms. The molecule has 0 fully saturated rings. The zero-order valence-corrected chi connectivity index (χ0v) is 12.1. The van der Waals surface area contributed by atoms with Crippen molar-refractivity contribution in [3.05, 3.63) is 58.1 Å². The Labute approximate surface area is 124 Å². The molecule has 8 heteroatoms. The van der Waals surface area contributed by atoms with Gasteiger partial charge in [-0.15, -0.1) is 0 Å². The van der Waals surface area contributed by atoms with Gasteiger partial charge in [0, 0.05) is 29.0 Å². The number of halogens is 1. The standard InChI is InChI=1S/C13H10ClN3O3S/c14-11-6-10(7-16-13(11)18)21(19,20)17-9-1-2-12-8(5-9)3-4-15-12/h1-7,15,17H,(H,16,18). The average Bonchev–Trinajstić information content (AvgIpc) is 2.88. The van der Waals surface area contributed by atoms with Crippen molar-refractivity contribution in [2.75, 3.05) is 4.72 Å². The number of H-pyrrole nitrogens is 2. The Kier molecular flexibility index (Phi) is 3.23. The van der Waals surface area contributed by atoms with Gasteiger partial charge < -0.3 is 9.97 Å². The molecule has 0 saturated carbocycles. The van der Waals surface area contributed by atoms with E-state index in [4.69, 9.17) is 11.6 Å². The molecule has 0 atom stereocenters. The number of fused-ring (bicyclic) bond motifs is 1. The van der Waals surface area contributed by atoms with E-state index in [1.807, 2.05) is 6.07 Å². The first-order chi connectivity index (χ1) is 9.95. The Morgan fingerprint density at radius 1 is 1.10 bits per heavy atom. The third kappa shape index (κ3) is 2.65. The molecule has 0 radical (unpaired) electrons. The maximum absolute atomic E-state index is 12.2. The summed E-state index contributed by atoms with van der Waals surface area (Å²) in [6, 6.07) is 8.06. The lowest BCUT2D eigenvalue weighted by atomic mass is 10.2. The van der Waals surface area contributed by atoms with Crippen LogP contribution in [0.15, 0.2) is 52.4 Å². The number of hydrogen-bond acceptors (Lipinski definition) is 3. The second-order valence-electron chi connectivity index (χ2n) is 4.40. The molecular weight excluding hydrogens is 314 g/mol. The fourth-order valence-corrected chi connectivity index (χ4v) is 3.20. The predicted octanol–water partition coefficient (Wildman–Crippen LogP) is 2.31. The van der Waals surface area contributed by atoms with Crippen molar-refractivity contribution in [2.24, 2.45) is 0 Å². The van der Waals surface area contributed by atoms with E-state index in [1.165, 1.54) is 0 Å². The van der Waals surface area contributed by atoms with E-state index in [9.17, 15) is 13.2 Å². The highest BCUT2D eigenvalue weighted by Crippen LogP contribution is 2.21. The molecule has 0 aliphatic carbocycles. The lowest BCUT2D eigenvalue weighted by Crippen LogP contribution is -2.16. The molecule has 0 amide bonds. The third-order valence-corrected chi connectivity index (χ3v) is 4.59. The topological polar surface area (TPSA) is 94.8 Å². The number of benzene rings is 1. The summed E-state index contributed by atoms with van der Waals surface area (Å²) in [6.07, 6.45) is 2.87. The number of aromatic amines is 2. The number of sulfonamides is 1. The van der Waals surface area contributed by atoms with Crippen molar-refractivity contribution < 1.29 is 8.42 Å². The summed E-state index contributed by atoms with van der Waals surface area (Å²) in [6.45, 7) is 0. The molecule has 3 rings (SSSR count). The molecule has 0 bridgehead atoms. The average molecular weight is 324 g/mol. The van der Waals surface area contributed by atoms with Crippen LogP contribution in [0.1, 0.15) is 0 Å². The Morgan fingerprint density at radius 3 is 2.67 bits per heavy atom. The number of aromatic nitrogens is 2. The van der Waals surface area contributed by atoms with Crippen LogP contribution in [0.5, 0.6) is 0 Å². The second-order valence-corrected chi connectivity index (χ2v) is 6.49. The monoisotopic (exact) mass is 323 g/mol. The highest BCUT2D eigenvalue weighted by atomic mass is 35.5. The van der Waals surface area contributed by atoms with E-state index < -0.39 is 15.6 Å². The first kappa shape index (κ1) is 13.7. The first-order valence-electron chi connectivity index (χ1n) is 5.94. The van der Waals surface area contributed by atoms with E-state index in [2.05, 4.69) is 14.7 Å². The van der Waals surface area contributed by atoms with Crippen LogP contribution >= 0.6 is 11.6 Å². The number of hydrogen-bond donors (Lipinski definition) is 3. The molecule has 21 heavy (non-hydrogen) atoms. The van der Waals surface area contributed by atoms with E-state index in [0.717, 1.165) is 23.2 Å². The zero-order valence-electron chi connectivity index (χ0n) is 10.6. The molecule has 2 aromatic heterocycles. The number of nitrogens with one attached hydrogen (secondary N) is 3. The fraction of sp³-hybridized carbons (Fsp3) is 0. The maximum Gasteiger partial charge on any atom is 0.266 e. The summed E-state index contributed by atoms with van der Waals surface area (Å²) in [5, 5.41) is 0.702. The van der Waals surface area contributed by atoms with Gasteiger partial charge in [0.1, 0.15) is 9.92 Å². The summed E-state index contributed by atoms with van der Waals surface area (Å²) in [5.41, 5.74) is 0.791. The van der Waals surface area contributed by atoms with Crippen LogP contribution < -0.4 is 10.3 Å². The van der Waals surface area contributed by atoms with Gasteiger partial charge in [0.25, 0.3) is 15.6 Å². The molecule has 3 aromatic rings. The van der Waals surface area contributed by atoms with Gasteiger partial charge >= 0.3 is 0 Å². The van der Waals surface area contributed by atoms with Gasteiger partial charge in [-0.05, 0) is 30.3 Å². The Hall–Kier alpha value is -2.25. The summed E-state index contributed by atoms with van der Waals surface area (Å²) >= 11 is 5.65. The van der Waals surface area contributed by atoms with Gasteiger partial charge in [-0.1, -0.05) is 11.6 Å². The minimum absolute atomic E-state index is 0.110. The minimum Gasteiger partial charge on any atom is -0.361 e. The summed E-state index contributed by atoms with van der Waals surface area (Å²) in [7, 11) is -3.82. The maximum atomic E-state index is 12.2. The number of pyridine rings is 1. The summed E-state index contributed by atoms with van der Waals surface area (Å²) in [4.78, 5) is 16.4. The van der Waals surface area contributed by atoms with Gasteiger partial charge in [-0.25, -0.2) is 8.42 Å². The zero-order chi connectivity index (χ0) is 15.0. The normalized spacial score (nSPS) is 11.7.